The third-order valence-corrected chi connectivity index (χ3v) is 5.55. The first-order valence-electron chi connectivity index (χ1n) is 8.60. The number of hydrogen-bond acceptors (Lipinski definition) is 5. The lowest BCUT2D eigenvalue weighted by Gasteiger charge is -2.14. The van der Waals surface area contributed by atoms with Crippen molar-refractivity contribution in [1.82, 2.24) is 0 Å². The first-order chi connectivity index (χ1) is 12.8. The second-order valence-corrected chi connectivity index (χ2v) is 7.85. The molecule has 0 saturated heterocycles. The fourth-order valence-electron chi connectivity index (χ4n) is 2.51. The summed E-state index contributed by atoms with van der Waals surface area (Å²) in [5, 5.41) is 2.67. The summed E-state index contributed by atoms with van der Waals surface area (Å²) in [6.07, 6.45) is 1.34. The molecule has 1 atom stereocenters. The standard InChI is InChI=1S/C19H25N3O4S/c1-4-5-17(20)19(23)21-15-7-6-13(2)18(12-15)27(24,25)22-14-8-10-16(26-3)11-9-14/h6-12,17,22H,4-5,20H2,1-3H3,(H,21,23). The molecule has 1 amide bonds. The van der Waals surface area contributed by atoms with Gasteiger partial charge in [-0.05, 0) is 55.3 Å². The van der Waals surface area contributed by atoms with Crippen molar-refractivity contribution >= 4 is 27.3 Å². The number of nitrogens with one attached hydrogen (secondary N) is 2. The van der Waals surface area contributed by atoms with Crippen LogP contribution in [0.25, 0.3) is 0 Å². The molecular formula is C19H25N3O4S. The normalized spacial score (nSPS) is 12.3. The van der Waals surface area contributed by atoms with Crippen molar-refractivity contribution in [3.63, 3.8) is 0 Å². The van der Waals surface area contributed by atoms with E-state index in [4.69, 9.17) is 10.5 Å². The minimum atomic E-state index is -3.83. The molecule has 2 aromatic rings. The average Bonchev–Trinajstić information content (AvgIpc) is 2.63. The molecule has 4 N–H and O–H groups in total. The summed E-state index contributed by atoms with van der Waals surface area (Å²) in [5.41, 5.74) is 7.16. The number of carbonyl (C=O) groups is 1. The quantitative estimate of drug-likeness (QED) is 0.641. The number of amides is 1. The number of sulfonamides is 1. The molecule has 0 saturated carbocycles. The molecule has 0 aliphatic rings. The molecule has 146 valence electrons. The number of anilines is 2. The highest BCUT2D eigenvalue weighted by molar-refractivity contribution is 7.92. The van der Waals surface area contributed by atoms with E-state index in [1.54, 1.807) is 43.3 Å². The van der Waals surface area contributed by atoms with E-state index < -0.39 is 16.1 Å². The van der Waals surface area contributed by atoms with Crippen LogP contribution in [-0.2, 0) is 14.8 Å². The molecule has 0 aliphatic carbocycles. The van der Waals surface area contributed by atoms with Crippen LogP contribution >= 0.6 is 0 Å². The smallest absolute Gasteiger partial charge is 0.262 e. The Hall–Kier alpha value is -2.58. The molecule has 0 fully saturated rings. The summed E-state index contributed by atoms with van der Waals surface area (Å²) < 4.78 is 33.1. The topological polar surface area (TPSA) is 111 Å². The average molecular weight is 391 g/mol. The molecule has 2 aromatic carbocycles. The first-order valence-corrected chi connectivity index (χ1v) is 10.1. The maximum absolute atomic E-state index is 12.8. The molecule has 0 bridgehead atoms. The second-order valence-electron chi connectivity index (χ2n) is 6.20. The van der Waals surface area contributed by atoms with Crippen LogP contribution in [-0.4, -0.2) is 27.5 Å². The highest BCUT2D eigenvalue weighted by Crippen LogP contribution is 2.24. The number of ether oxygens (including phenoxy) is 1. The minimum Gasteiger partial charge on any atom is -0.497 e. The zero-order chi connectivity index (χ0) is 20.0. The predicted molar refractivity (Wildman–Crippen MR) is 106 cm³/mol. The number of carbonyl (C=O) groups excluding carboxylic acids is 1. The van der Waals surface area contributed by atoms with Gasteiger partial charge < -0.3 is 15.8 Å². The summed E-state index contributed by atoms with van der Waals surface area (Å²) in [6.45, 7) is 3.63. The second kappa shape index (κ2) is 8.88. The van der Waals surface area contributed by atoms with Gasteiger partial charge in [0.2, 0.25) is 5.91 Å². The van der Waals surface area contributed by atoms with Gasteiger partial charge in [0, 0.05) is 11.4 Å². The monoisotopic (exact) mass is 391 g/mol. The Balaban J connectivity index is 2.23. The van der Waals surface area contributed by atoms with Gasteiger partial charge in [0.1, 0.15) is 5.75 Å². The van der Waals surface area contributed by atoms with Gasteiger partial charge in [-0.25, -0.2) is 8.42 Å². The van der Waals surface area contributed by atoms with Crippen molar-refractivity contribution in [3.8, 4) is 5.75 Å². The summed E-state index contributed by atoms with van der Waals surface area (Å²) in [4.78, 5) is 12.2. The summed E-state index contributed by atoms with van der Waals surface area (Å²) in [5.74, 6) is 0.287. The van der Waals surface area contributed by atoms with E-state index in [2.05, 4.69) is 10.0 Å². The molecule has 2 rings (SSSR count). The van der Waals surface area contributed by atoms with Crippen LogP contribution in [0.1, 0.15) is 25.3 Å². The van der Waals surface area contributed by atoms with Gasteiger partial charge in [-0.3, -0.25) is 9.52 Å². The molecular weight excluding hydrogens is 366 g/mol. The van der Waals surface area contributed by atoms with E-state index >= 15 is 0 Å². The van der Waals surface area contributed by atoms with Gasteiger partial charge in [0.05, 0.1) is 18.0 Å². The lowest BCUT2D eigenvalue weighted by Crippen LogP contribution is -2.35. The van der Waals surface area contributed by atoms with Crippen LogP contribution < -0.4 is 20.5 Å². The number of nitrogens with two attached hydrogens (primary N) is 1. The van der Waals surface area contributed by atoms with Gasteiger partial charge in [-0.2, -0.15) is 0 Å². The van der Waals surface area contributed by atoms with E-state index in [1.165, 1.54) is 13.2 Å². The molecule has 0 aromatic heterocycles. The molecule has 0 aliphatic heterocycles. The van der Waals surface area contributed by atoms with Crippen LogP contribution in [0, 0.1) is 6.92 Å². The Morgan fingerprint density at radius 3 is 2.37 bits per heavy atom. The number of benzene rings is 2. The van der Waals surface area contributed by atoms with Gasteiger partial charge in [-0.15, -0.1) is 0 Å². The molecule has 0 radical (unpaired) electrons. The molecule has 1 unspecified atom stereocenters. The summed E-state index contributed by atoms with van der Waals surface area (Å²) >= 11 is 0. The number of methoxy groups -OCH3 is 1. The Morgan fingerprint density at radius 2 is 1.78 bits per heavy atom. The highest BCUT2D eigenvalue weighted by atomic mass is 32.2. The van der Waals surface area contributed by atoms with Crippen LogP contribution in [0.15, 0.2) is 47.4 Å². The fourth-order valence-corrected chi connectivity index (χ4v) is 3.84. The largest absolute Gasteiger partial charge is 0.497 e. The van der Waals surface area contributed by atoms with Crippen LogP contribution in [0.3, 0.4) is 0 Å². The third-order valence-electron chi connectivity index (χ3n) is 4.02. The first kappa shape index (κ1) is 20.7. The predicted octanol–water partition coefficient (Wildman–Crippen LogP) is 2.87. The minimum absolute atomic E-state index is 0.0835. The van der Waals surface area contributed by atoms with Crippen molar-refractivity contribution in [1.29, 1.82) is 0 Å². The number of aryl methyl sites for hydroxylation is 1. The maximum Gasteiger partial charge on any atom is 0.262 e. The maximum atomic E-state index is 12.8. The SMILES string of the molecule is CCCC(N)C(=O)Nc1ccc(C)c(S(=O)(=O)Nc2ccc(OC)cc2)c1. The van der Waals surface area contributed by atoms with Gasteiger partial charge in [0.15, 0.2) is 0 Å². The van der Waals surface area contributed by atoms with Crippen LogP contribution in [0.4, 0.5) is 11.4 Å². The molecule has 0 spiro atoms. The highest BCUT2D eigenvalue weighted by Gasteiger charge is 2.19. The van der Waals surface area contributed by atoms with Crippen molar-refractivity contribution in [2.45, 2.75) is 37.6 Å². The summed E-state index contributed by atoms with van der Waals surface area (Å²) in [6, 6.07) is 10.6. The summed E-state index contributed by atoms with van der Waals surface area (Å²) in [7, 11) is -2.29. The van der Waals surface area contributed by atoms with E-state index in [-0.39, 0.29) is 10.8 Å². The fraction of sp³-hybridized carbons (Fsp3) is 0.316. The van der Waals surface area contributed by atoms with Crippen LogP contribution in [0.5, 0.6) is 5.75 Å². The number of hydrogen-bond donors (Lipinski definition) is 3. The van der Waals surface area contributed by atoms with E-state index in [0.29, 0.717) is 29.1 Å². The Morgan fingerprint density at radius 1 is 1.15 bits per heavy atom. The van der Waals surface area contributed by atoms with E-state index in [9.17, 15) is 13.2 Å². The molecule has 27 heavy (non-hydrogen) atoms. The van der Waals surface area contributed by atoms with E-state index in [1.807, 2.05) is 6.92 Å². The van der Waals surface area contributed by atoms with Crippen molar-refractivity contribution in [2.24, 2.45) is 5.73 Å². The zero-order valence-electron chi connectivity index (χ0n) is 15.7. The van der Waals surface area contributed by atoms with Gasteiger partial charge >= 0.3 is 0 Å². The Labute approximate surface area is 160 Å². The molecule has 8 heteroatoms. The van der Waals surface area contributed by atoms with Crippen molar-refractivity contribution in [2.75, 3.05) is 17.1 Å². The Kier molecular flexibility index (Phi) is 6.81. The Bertz CT molecular complexity index is 896. The number of rotatable bonds is 8. The lowest BCUT2D eigenvalue weighted by atomic mass is 10.1. The third kappa shape index (κ3) is 5.45. The molecule has 7 nitrogen and oxygen atoms in total. The zero-order valence-corrected chi connectivity index (χ0v) is 16.5. The van der Waals surface area contributed by atoms with Crippen LogP contribution in [0.2, 0.25) is 0 Å². The van der Waals surface area contributed by atoms with Crippen molar-refractivity contribution < 1.29 is 17.9 Å². The van der Waals surface area contributed by atoms with Crippen molar-refractivity contribution in [3.05, 3.63) is 48.0 Å². The van der Waals surface area contributed by atoms with Gasteiger partial charge in [0.25, 0.3) is 10.0 Å². The van der Waals surface area contributed by atoms with E-state index in [0.717, 1.165) is 6.42 Å². The molecule has 0 heterocycles. The van der Waals surface area contributed by atoms with Gasteiger partial charge in [-0.1, -0.05) is 19.4 Å². The lowest BCUT2D eigenvalue weighted by molar-refractivity contribution is -0.117.